The zero-order valence-corrected chi connectivity index (χ0v) is 15.5. The molecule has 0 N–H and O–H groups in total. The summed E-state index contributed by atoms with van der Waals surface area (Å²) in [5.74, 6) is 0.0855. The first-order chi connectivity index (χ1) is 12.5. The van der Waals surface area contributed by atoms with Crippen LogP contribution in [0.2, 0.25) is 0 Å². The first-order valence-corrected chi connectivity index (χ1v) is 8.94. The van der Waals surface area contributed by atoms with E-state index in [2.05, 4.69) is 0 Å². The Bertz CT molecular complexity index is 988. The fraction of sp³-hybridized carbons (Fsp3) is 0.273. The molecule has 4 heteroatoms. The monoisotopic (exact) mass is 348 g/mol. The van der Waals surface area contributed by atoms with Gasteiger partial charge < -0.3 is 9.47 Å². The van der Waals surface area contributed by atoms with Gasteiger partial charge in [-0.05, 0) is 35.9 Å². The molecule has 0 fully saturated rings. The summed E-state index contributed by atoms with van der Waals surface area (Å²) in [6.07, 6.45) is 1.01. The standard InChI is InChI=1S/C22H24N2O2/c1-4-24-21(16-10-6-5-7-11-16)18(14-15-20(25)23(2)3)17-12-8-9-13-19(17)22(24)26/h5-13H,4,14-15H2,1-3H3. The Morgan fingerprint density at radius 2 is 1.58 bits per heavy atom. The zero-order chi connectivity index (χ0) is 18.7. The number of carbonyl (C=O) groups excluding carboxylic acids is 1. The van der Waals surface area contributed by atoms with E-state index in [1.807, 2.05) is 66.1 Å². The van der Waals surface area contributed by atoms with Gasteiger partial charge in [-0.15, -0.1) is 0 Å². The SMILES string of the molecule is CCn1c(-c2ccccc2)c(CCC(=O)N(C)C)c2ccccc2c1=O. The highest BCUT2D eigenvalue weighted by Crippen LogP contribution is 2.29. The van der Waals surface area contributed by atoms with Crippen molar-refractivity contribution in [2.75, 3.05) is 14.1 Å². The number of rotatable bonds is 5. The van der Waals surface area contributed by atoms with E-state index in [1.54, 1.807) is 19.0 Å². The molecular formula is C22H24N2O2. The predicted molar refractivity (Wildman–Crippen MR) is 106 cm³/mol. The molecule has 1 aromatic heterocycles. The summed E-state index contributed by atoms with van der Waals surface area (Å²) in [6, 6.07) is 17.7. The van der Waals surface area contributed by atoms with E-state index in [0.717, 1.165) is 22.2 Å². The number of hydrogen-bond donors (Lipinski definition) is 0. The van der Waals surface area contributed by atoms with Gasteiger partial charge in [-0.3, -0.25) is 9.59 Å². The summed E-state index contributed by atoms with van der Waals surface area (Å²) >= 11 is 0. The van der Waals surface area contributed by atoms with Crippen molar-refractivity contribution in [3.63, 3.8) is 0 Å². The van der Waals surface area contributed by atoms with E-state index in [-0.39, 0.29) is 11.5 Å². The van der Waals surface area contributed by atoms with Gasteiger partial charge >= 0.3 is 0 Å². The van der Waals surface area contributed by atoms with Crippen molar-refractivity contribution in [3.8, 4) is 11.3 Å². The quantitative estimate of drug-likeness (QED) is 0.705. The lowest BCUT2D eigenvalue weighted by atomic mass is 9.95. The van der Waals surface area contributed by atoms with E-state index in [9.17, 15) is 9.59 Å². The lowest BCUT2D eigenvalue weighted by molar-refractivity contribution is -0.128. The van der Waals surface area contributed by atoms with Crippen LogP contribution in [-0.4, -0.2) is 29.5 Å². The minimum atomic E-state index is 0.0182. The van der Waals surface area contributed by atoms with Gasteiger partial charge in [-0.1, -0.05) is 48.5 Å². The molecule has 1 heterocycles. The Morgan fingerprint density at radius 1 is 0.962 bits per heavy atom. The van der Waals surface area contributed by atoms with E-state index in [0.29, 0.717) is 24.8 Å². The maximum atomic E-state index is 13.0. The lowest BCUT2D eigenvalue weighted by Crippen LogP contribution is -2.25. The van der Waals surface area contributed by atoms with Crippen molar-refractivity contribution < 1.29 is 4.79 Å². The van der Waals surface area contributed by atoms with Gasteiger partial charge in [0.25, 0.3) is 5.56 Å². The number of fused-ring (bicyclic) bond motifs is 1. The summed E-state index contributed by atoms with van der Waals surface area (Å²) in [5, 5.41) is 1.65. The molecule has 134 valence electrons. The van der Waals surface area contributed by atoms with Gasteiger partial charge in [-0.2, -0.15) is 0 Å². The van der Waals surface area contributed by atoms with Gasteiger partial charge in [0.2, 0.25) is 5.91 Å². The van der Waals surface area contributed by atoms with E-state index in [1.165, 1.54) is 0 Å². The third kappa shape index (κ3) is 3.27. The van der Waals surface area contributed by atoms with Crippen LogP contribution in [0.1, 0.15) is 18.9 Å². The normalized spacial score (nSPS) is 10.9. The molecule has 3 rings (SSSR count). The number of amides is 1. The third-order valence-corrected chi connectivity index (χ3v) is 4.73. The molecule has 1 amide bonds. The number of benzene rings is 2. The van der Waals surface area contributed by atoms with E-state index in [4.69, 9.17) is 0 Å². The molecule has 0 radical (unpaired) electrons. The number of nitrogens with zero attached hydrogens (tertiary/aromatic N) is 2. The topological polar surface area (TPSA) is 42.3 Å². The molecule has 0 saturated carbocycles. The van der Waals surface area contributed by atoms with Crippen molar-refractivity contribution in [3.05, 3.63) is 70.5 Å². The number of pyridine rings is 1. The molecule has 26 heavy (non-hydrogen) atoms. The predicted octanol–water partition coefficient (Wildman–Crippen LogP) is 3.71. The molecule has 4 nitrogen and oxygen atoms in total. The number of carbonyl (C=O) groups is 1. The lowest BCUT2D eigenvalue weighted by Gasteiger charge is -2.20. The Morgan fingerprint density at radius 3 is 2.19 bits per heavy atom. The second kappa shape index (κ2) is 7.56. The summed E-state index contributed by atoms with van der Waals surface area (Å²) in [7, 11) is 3.54. The molecular weight excluding hydrogens is 324 g/mol. The van der Waals surface area contributed by atoms with Crippen LogP contribution < -0.4 is 5.56 Å². The molecule has 3 aromatic rings. The van der Waals surface area contributed by atoms with Gasteiger partial charge in [0.15, 0.2) is 0 Å². The van der Waals surface area contributed by atoms with Crippen LogP contribution in [0.25, 0.3) is 22.0 Å². The molecule has 0 saturated heterocycles. The molecule has 0 atom stereocenters. The highest BCUT2D eigenvalue weighted by molar-refractivity contribution is 5.90. The van der Waals surface area contributed by atoms with Crippen molar-refractivity contribution in [1.29, 1.82) is 0 Å². The summed E-state index contributed by atoms with van der Waals surface area (Å²) in [6.45, 7) is 2.57. The van der Waals surface area contributed by atoms with Crippen LogP contribution in [0.15, 0.2) is 59.4 Å². The summed E-state index contributed by atoms with van der Waals surface area (Å²) in [4.78, 5) is 26.8. The largest absolute Gasteiger partial charge is 0.349 e. The molecule has 0 aliphatic heterocycles. The van der Waals surface area contributed by atoms with Crippen LogP contribution in [0.4, 0.5) is 0 Å². The van der Waals surface area contributed by atoms with E-state index < -0.39 is 0 Å². The summed E-state index contributed by atoms with van der Waals surface area (Å²) < 4.78 is 1.83. The maximum absolute atomic E-state index is 13.0. The van der Waals surface area contributed by atoms with Crippen molar-refractivity contribution in [2.45, 2.75) is 26.3 Å². The smallest absolute Gasteiger partial charge is 0.258 e. The average Bonchev–Trinajstić information content (AvgIpc) is 2.67. The maximum Gasteiger partial charge on any atom is 0.258 e. The molecule has 2 aromatic carbocycles. The van der Waals surface area contributed by atoms with Crippen LogP contribution >= 0.6 is 0 Å². The van der Waals surface area contributed by atoms with Crippen LogP contribution in [0.3, 0.4) is 0 Å². The van der Waals surface area contributed by atoms with Gasteiger partial charge in [-0.25, -0.2) is 0 Å². The second-order valence-corrected chi connectivity index (χ2v) is 6.58. The third-order valence-electron chi connectivity index (χ3n) is 4.73. The second-order valence-electron chi connectivity index (χ2n) is 6.58. The van der Waals surface area contributed by atoms with Gasteiger partial charge in [0.05, 0.1) is 5.69 Å². The minimum Gasteiger partial charge on any atom is -0.349 e. The highest BCUT2D eigenvalue weighted by atomic mass is 16.2. The van der Waals surface area contributed by atoms with Gasteiger partial charge in [0.1, 0.15) is 0 Å². The molecule has 0 unspecified atom stereocenters. The minimum absolute atomic E-state index is 0.0182. The average molecular weight is 348 g/mol. The van der Waals surface area contributed by atoms with Crippen molar-refractivity contribution >= 4 is 16.7 Å². The summed E-state index contributed by atoms with van der Waals surface area (Å²) in [5.41, 5.74) is 3.00. The number of hydrogen-bond acceptors (Lipinski definition) is 2. The first-order valence-electron chi connectivity index (χ1n) is 8.94. The Hall–Kier alpha value is -2.88. The molecule has 0 spiro atoms. The van der Waals surface area contributed by atoms with Crippen LogP contribution in [0.5, 0.6) is 0 Å². The number of aromatic nitrogens is 1. The molecule has 0 aliphatic rings. The Balaban J connectivity index is 2.29. The highest BCUT2D eigenvalue weighted by Gasteiger charge is 2.18. The van der Waals surface area contributed by atoms with Gasteiger partial charge in [0, 0.05) is 32.4 Å². The van der Waals surface area contributed by atoms with Crippen molar-refractivity contribution in [2.24, 2.45) is 0 Å². The number of aryl methyl sites for hydroxylation is 1. The zero-order valence-electron chi connectivity index (χ0n) is 15.5. The van der Waals surface area contributed by atoms with Crippen LogP contribution in [0, 0.1) is 0 Å². The first kappa shape index (κ1) is 17.9. The fourth-order valence-corrected chi connectivity index (χ4v) is 3.41. The Kier molecular flexibility index (Phi) is 5.21. The fourth-order valence-electron chi connectivity index (χ4n) is 3.41. The molecule has 0 aliphatic carbocycles. The van der Waals surface area contributed by atoms with Crippen LogP contribution in [-0.2, 0) is 17.8 Å². The molecule has 0 bridgehead atoms. The van der Waals surface area contributed by atoms with E-state index >= 15 is 0 Å². The Labute approximate surface area is 153 Å². The van der Waals surface area contributed by atoms with Crippen molar-refractivity contribution in [1.82, 2.24) is 9.47 Å².